The molecular weight excluding hydrogens is 266 g/mol. The van der Waals surface area contributed by atoms with Gasteiger partial charge in [-0.1, -0.05) is 6.07 Å². The van der Waals surface area contributed by atoms with E-state index in [4.69, 9.17) is 5.73 Å². The van der Waals surface area contributed by atoms with Gasteiger partial charge in [0.25, 0.3) is 0 Å². The summed E-state index contributed by atoms with van der Waals surface area (Å²) in [6, 6.07) is 6.36. The number of amides is 2. The lowest BCUT2D eigenvalue weighted by Gasteiger charge is -2.24. The lowest BCUT2D eigenvalue weighted by atomic mass is 10.0. The number of hydrogen-bond acceptors (Lipinski definition) is 4. The minimum atomic E-state index is -3.04. The fourth-order valence-corrected chi connectivity index (χ4v) is 4.26. The molecule has 104 valence electrons. The molecule has 0 radical (unpaired) electrons. The third-order valence-corrected chi connectivity index (χ3v) is 4.97. The molecule has 1 aliphatic rings. The maximum Gasteiger partial charge on any atom is 0.319 e. The number of urea groups is 1. The molecule has 0 spiro atoms. The van der Waals surface area contributed by atoms with Crippen LogP contribution < -0.4 is 16.4 Å². The number of rotatable bonds is 2. The van der Waals surface area contributed by atoms with Gasteiger partial charge in [0.15, 0.2) is 9.84 Å². The summed E-state index contributed by atoms with van der Waals surface area (Å²) in [4.78, 5) is 11.8. The van der Waals surface area contributed by atoms with E-state index in [0.29, 0.717) is 17.8 Å². The van der Waals surface area contributed by atoms with E-state index >= 15 is 0 Å². The molecule has 6 nitrogen and oxygen atoms in total. The van der Waals surface area contributed by atoms with Crippen molar-refractivity contribution in [2.24, 2.45) is 0 Å². The highest BCUT2D eigenvalue weighted by Gasteiger charge is 2.39. The van der Waals surface area contributed by atoms with Crippen LogP contribution in [-0.4, -0.2) is 31.5 Å². The van der Waals surface area contributed by atoms with Crippen molar-refractivity contribution in [1.29, 1.82) is 0 Å². The highest BCUT2D eigenvalue weighted by molar-refractivity contribution is 7.91. The first-order valence-corrected chi connectivity index (χ1v) is 7.75. The van der Waals surface area contributed by atoms with Crippen molar-refractivity contribution < 1.29 is 13.2 Å². The zero-order chi connectivity index (χ0) is 14.1. The van der Waals surface area contributed by atoms with E-state index in [9.17, 15) is 13.2 Å². The van der Waals surface area contributed by atoms with E-state index in [2.05, 4.69) is 10.6 Å². The second-order valence-electron chi connectivity index (χ2n) is 5.11. The smallest absolute Gasteiger partial charge is 0.319 e. The van der Waals surface area contributed by atoms with Crippen molar-refractivity contribution in [1.82, 2.24) is 5.32 Å². The van der Waals surface area contributed by atoms with Gasteiger partial charge < -0.3 is 16.4 Å². The second kappa shape index (κ2) is 4.73. The molecule has 2 rings (SSSR count). The van der Waals surface area contributed by atoms with Crippen LogP contribution in [-0.2, 0) is 9.84 Å². The Morgan fingerprint density at radius 2 is 2.16 bits per heavy atom. The van der Waals surface area contributed by atoms with Crippen LogP contribution in [0.4, 0.5) is 16.2 Å². The third-order valence-electron chi connectivity index (χ3n) is 3.06. The maximum absolute atomic E-state index is 11.8. The summed E-state index contributed by atoms with van der Waals surface area (Å²) in [6.45, 7) is 1.73. The summed E-state index contributed by atoms with van der Waals surface area (Å²) in [5.41, 5.74) is 6.02. The molecule has 1 aromatic carbocycles. The zero-order valence-corrected chi connectivity index (χ0v) is 11.5. The molecular formula is C12H17N3O3S. The Bertz CT molecular complexity index is 600. The van der Waals surface area contributed by atoms with Crippen LogP contribution in [0.25, 0.3) is 0 Å². The number of hydrogen-bond donors (Lipinski definition) is 3. The molecule has 1 atom stereocenters. The van der Waals surface area contributed by atoms with Gasteiger partial charge in [-0.05, 0) is 31.5 Å². The number of nitrogens with two attached hydrogens (primary N) is 1. The number of carbonyl (C=O) groups excluding carboxylic acids is 1. The van der Waals surface area contributed by atoms with Gasteiger partial charge in [0.05, 0.1) is 17.0 Å². The SMILES string of the molecule is CC1(NC(=O)Nc2cccc(N)c2)CCS(=O)(=O)C1. The quantitative estimate of drug-likeness (QED) is 0.704. The number of sulfone groups is 1. The normalized spacial score (nSPS) is 24.9. The maximum atomic E-state index is 11.8. The number of nitrogens with one attached hydrogen (secondary N) is 2. The van der Waals surface area contributed by atoms with Crippen LogP contribution in [0.2, 0.25) is 0 Å². The van der Waals surface area contributed by atoms with Crippen molar-refractivity contribution in [3.63, 3.8) is 0 Å². The lowest BCUT2D eigenvalue weighted by molar-refractivity contribution is 0.242. The van der Waals surface area contributed by atoms with Gasteiger partial charge in [-0.2, -0.15) is 0 Å². The molecule has 1 aromatic rings. The summed E-state index contributed by atoms with van der Waals surface area (Å²) >= 11 is 0. The first kappa shape index (κ1) is 13.7. The molecule has 1 saturated heterocycles. The van der Waals surface area contributed by atoms with Crippen molar-refractivity contribution in [2.75, 3.05) is 22.6 Å². The van der Waals surface area contributed by atoms with Crippen LogP contribution in [0.3, 0.4) is 0 Å². The summed E-state index contributed by atoms with van der Waals surface area (Å²) in [5.74, 6) is 0.0897. The van der Waals surface area contributed by atoms with Crippen molar-refractivity contribution >= 4 is 27.2 Å². The van der Waals surface area contributed by atoms with Gasteiger partial charge in [0.2, 0.25) is 0 Å². The van der Waals surface area contributed by atoms with E-state index in [1.165, 1.54) is 0 Å². The van der Waals surface area contributed by atoms with E-state index in [1.807, 2.05) is 0 Å². The summed E-state index contributed by atoms with van der Waals surface area (Å²) < 4.78 is 22.9. The molecule has 7 heteroatoms. The largest absolute Gasteiger partial charge is 0.399 e. The molecule has 0 aliphatic carbocycles. The summed E-state index contributed by atoms with van der Waals surface area (Å²) in [6.07, 6.45) is 0.430. The molecule has 19 heavy (non-hydrogen) atoms. The van der Waals surface area contributed by atoms with E-state index in [1.54, 1.807) is 31.2 Å². The standard InChI is InChI=1S/C12H17N3O3S/c1-12(5-6-19(17,18)8-12)15-11(16)14-10-4-2-3-9(13)7-10/h2-4,7H,5-6,8,13H2,1H3,(H2,14,15,16). The Balaban J connectivity index is 1.99. The van der Waals surface area contributed by atoms with E-state index < -0.39 is 21.4 Å². The lowest BCUT2D eigenvalue weighted by Crippen LogP contribution is -2.48. The Morgan fingerprint density at radius 3 is 2.74 bits per heavy atom. The van der Waals surface area contributed by atoms with E-state index in [-0.39, 0.29) is 11.5 Å². The summed E-state index contributed by atoms with van der Waals surface area (Å²) in [7, 11) is -3.04. The molecule has 0 bridgehead atoms. The van der Waals surface area contributed by atoms with Gasteiger partial charge in [-0.15, -0.1) is 0 Å². The predicted molar refractivity (Wildman–Crippen MR) is 74.7 cm³/mol. The van der Waals surface area contributed by atoms with Crippen LogP contribution in [0, 0.1) is 0 Å². The Labute approximate surface area is 112 Å². The molecule has 1 aliphatic heterocycles. The van der Waals surface area contributed by atoms with Crippen LogP contribution in [0.1, 0.15) is 13.3 Å². The molecule has 0 saturated carbocycles. The van der Waals surface area contributed by atoms with Crippen molar-refractivity contribution in [2.45, 2.75) is 18.9 Å². The van der Waals surface area contributed by atoms with Crippen LogP contribution in [0.15, 0.2) is 24.3 Å². The zero-order valence-electron chi connectivity index (χ0n) is 10.6. The Hall–Kier alpha value is -1.76. The first-order chi connectivity index (χ1) is 8.78. The van der Waals surface area contributed by atoms with Crippen molar-refractivity contribution in [3.05, 3.63) is 24.3 Å². The minimum absolute atomic E-state index is 0.0235. The van der Waals surface area contributed by atoms with Gasteiger partial charge in [0.1, 0.15) is 0 Å². The number of anilines is 2. The first-order valence-electron chi connectivity index (χ1n) is 5.93. The van der Waals surface area contributed by atoms with Crippen molar-refractivity contribution in [3.8, 4) is 0 Å². The van der Waals surface area contributed by atoms with Gasteiger partial charge >= 0.3 is 6.03 Å². The van der Waals surface area contributed by atoms with Gasteiger partial charge in [-0.3, -0.25) is 0 Å². The molecule has 1 unspecified atom stereocenters. The number of benzene rings is 1. The summed E-state index contributed by atoms with van der Waals surface area (Å²) in [5, 5.41) is 5.35. The van der Waals surface area contributed by atoms with Gasteiger partial charge in [-0.25, -0.2) is 13.2 Å². The highest BCUT2D eigenvalue weighted by atomic mass is 32.2. The third kappa shape index (κ3) is 3.60. The fraction of sp³-hybridized carbons (Fsp3) is 0.417. The average molecular weight is 283 g/mol. The fourth-order valence-electron chi connectivity index (χ4n) is 2.16. The number of nitrogen functional groups attached to an aromatic ring is 1. The second-order valence-corrected chi connectivity index (χ2v) is 7.29. The van der Waals surface area contributed by atoms with Crippen LogP contribution in [0.5, 0.6) is 0 Å². The topological polar surface area (TPSA) is 101 Å². The highest BCUT2D eigenvalue weighted by Crippen LogP contribution is 2.23. The predicted octanol–water partition coefficient (Wildman–Crippen LogP) is 0.968. The van der Waals surface area contributed by atoms with Gasteiger partial charge in [0, 0.05) is 11.4 Å². The molecule has 1 heterocycles. The monoisotopic (exact) mass is 283 g/mol. The Morgan fingerprint density at radius 1 is 1.42 bits per heavy atom. The minimum Gasteiger partial charge on any atom is -0.399 e. The average Bonchev–Trinajstić information content (AvgIpc) is 2.52. The van der Waals surface area contributed by atoms with Crippen LogP contribution >= 0.6 is 0 Å². The molecule has 2 amide bonds. The number of carbonyl (C=O) groups is 1. The molecule has 0 aromatic heterocycles. The van der Waals surface area contributed by atoms with E-state index in [0.717, 1.165) is 0 Å². The molecule has 1 fully saturated rings. The Kier molecular flexibility index (Phi) is 3.40. The molecule has 4 N–H and O–H groups in total.